The fourth-order valence-corrected chi connectivity index (χ4v) is 2.95. The molecule has 0 fully saturated rings. The van der Waals surface area contributed by atoms with Crippen molar-refractivity contribution in [2.45, 2.75) is 6.54 Å². The lowest BCUT2D eigenvalue weighted by Crippen LogP contribution is -2.22. The molecule has 7 nitrogen and oxygen atoms in total. The molecule has 1 aliphatic rings. The molecular weight excluding hydrogens is 489 g/mol. The Bertz CT molecular complexity index is 946. The number of hydrogen-bond acceptors (Lipinski definition) is 6. The summed E-state index contributed by atoms with van der Waals surface area (Å²) in [4.78, 5) is 19.0. The third-order valence-electron chi connectivity index (χ3n) is 3.72. The fourth-order valence-electron chi connectivity index (χ4n) is 2.38. The number of hydrogen-bond donors (Lipinski definition) is 2. The standard InChI is InChI=1S/C19H17ClIN7/c20-18(21)16-6-10-28(13-14-4-8-23-9-5-14)19(16)24-7-2-1-3-15-11-26-17(27-22)12-25-15/h1-12H,13,22H2,(H,26,27)/b3-1+,7-2+,18-16-,24-19+. The highest BCUT2D eigenvalue weighted by Gasteiger charge is 2.20. The molecule has 28 heavy (non-hydrogen) atoms. The SMILES string of the molecule is NNc1cnc(/C=C/C=C/N=C2\C(=C(\Cl)I)C=CN2Cc2ccncc2)cn1. The van der Waals surface area contributed by atoms with Gasteiger partial charge in [0.15, 0.2) is 5.82 Å². The molecule has 0 saturated heterocycles. The molecular formula is C19H17ClIN7. The van der Waals surface area contributed by atoms with Crippen LogP contribution in [0.25, 0.3) is 6.08 Å². The molecule has 0 atom stereocenters. The van der Waals surface area contributed by atoms with Gasteiger partial charge in [0.25, 0.3) is 0 Å². The molecule has 0 aliphatic carbocycles. The predicted octanol–water partition coefficient (Wildman–Crippen LogP) is 4.00. The third kappa shape index (κ3) is 5.47. The topological polar surface area (TPSA) is 92.3 Å². The Morgan fingerprint density at radius 2 is 2.07 bits per heavy atom. The van der Waals surface area contributed by atoms with E-state index in [1.165, 1.54) is 0 Å². The van der Waals surface area contributed by atoms with Crippen LogP contribution in [0.15, 0.2) is 81.2 Å². The molecule has 3 heterocycles. The van der Waals surface area contributed by atoms with Crippen LogP contribution < -0.4 is 11.3 Å². The van der Waals surface area contributed by atoms with Crippen molar-refractivity contribution in [1.82, 2.24) is 19.9 Å². The summed E-state index contributed by atoms with van der Waals surface area (Å²) >= 11 is 8.31. The van der Waals surface area contributed by atoms with Crippen molar-refractivity contribution in [2.24, 2.45) is 10.8 Å². The normalized spacial score (nSPS) is 17.2. The number of anilines is 1. The Morgan fingerprint density at radius 3 is 2.75 bits per heavy atom. The van der Waals surface area contributed by atoms with Gasteiger partial charge in [-0.15, -0.1) is 0 Å². The number of pyridine rings is 1. The van der Waals surface area contributed by atoms with Crippen LogP contribution >= 0.6 is 34.2 Å². The summed E-state index contributed by atoms with van der Waals surface area (Å²) in [5.74, 6) is 6.57. The van der Waals surface area contributed by atoms with Crippen molar-refractivity contribution in [2.75, 3.05) is 5.43 Å². The second-order valence-electron chi connectivity index (χ2n) is 5.60. The summed E-state index contributed by atoms with van der Waals surface area (Å²) in [5.41, 5.74) is 5.18. The van der Waals surface area contributed by atoms with E-state index in [4.69, 9.17) is 17.4 Å². The van der Waals surface area contributed by atoms with Gasteiger partial charge in [0.1, 0.15) is 5.84 Å². The lowest BCUT2D eigenvalue weighted by molar-refractivity contribution is 0.563. The van der Waals surface area contributed by atoms with Crippen LogP contribution in [0.1, 0.15) is 11.3 Å². The summed E-state index contributed by atoms with van der Waals surface area (Å²) in [7, 11) is 0. The Hall–Kier alpha value is -2.56. The smallest absolute Gasteiger partial charge is 0.158 e. The molecule has 9 heteroatoms. The van der Waals surface area contributed by atoms with Crippen LogP contribution in [-0.2, 0) is 6.54 Å². The van der Waals surface area contributed by atoms with Crippen LogP contribution in [0, 0.1) is 0 Å². The van der Waals surface area contributed by atoms with Crippen molar-refractivity contribution in [3.8, 4) is 0 Å². The Balaban J connectivity index is 1.71. The van der Waals surface area contributed by atoms with E-state index in [9.17, 15) is 0 Å². The molecule has 0 saturated carbocycles. The first-order valence-electron chi connectivity index (χ1n) is 8.26. The highest BCUT2D eigenvalue weighted by atomic mass is 127. The summed E-state index contributed by atoms with van der Waals surface area (Å²) in [6.45, 7) is 0.683. The van der Waals surface area contributed by atoms with Crippen molar-refractivity contribution in [3.63, 3.8) is 0 Å². The maximum atomic E-state index is 6.22. The van der Waals surface area contributed by atoms with E-state index in [1.807, 2.05) is 47.5 Å². The lowest BCUT2D eigenvalue weighted by atomic mass is 10.2. The average Bonchev–Trinajstić information content (AvgIpc) is 3.11. The molecule has 0 bridgehead atoms. The number of hydrazine groups is 1. The number of amidine groups is 1. The van der Waals surface area contributed by atoms with Gasteiger partial charge < -0.3 is 10.3 Å². The second kappa shape index (κ2) is 10.1. The molecule has 3 rings (SSSR count). The Kier molecular flexibility index (Phi) is 7.29. The fraction of sp³-hybridized carbons (Fsp3) is 0.0526. The van der Waals surface area contributed by atoms with Gasteiger partial charge in [0, 0.05) is 36.9 Å². The van der Waals surface area contributed by atoms with Gasteiger partial charge in [-0.2, -0.15) is 0 Å². The van der Waals surface area contributed by atoms with E-state index >= 15 is 0 Å². The molecule has 0 radical (unpaired) electrons. The van der Waals surface area contributed by atoms with Crippen LogP contribution in [0.5, 0.6) is 0 Å². The van der Waals surface area contributed by atoms with Gasteiger partial charge in [-0.3, -0.25) is 9.97 Å². The first-order valence-corrected chi connectivity index (χ1v) is 9.72. The zero-order chi connectivity index (χ0) is 19.8. The van der Waals surface area contributed by atoms with Crippen LogP contribution in [0.4, 0.5) is 5.82 Å². The molecule has 2 aromatic rings. The number of nitrogens with one attached hydrogen (secondary N) is 1. The number of allylic oxidation sites excluding steroid dienone is 2. The molecule has 2 aromatic heterocycles. The van der Waals surface area contributed by atoms with E-state index < -0.39 is 0 Å². The summed E-state index contributed by atoms with van der Waals surface area (Å²) < 4.78 is 0.664. The number of halogens is 2. The van der Waals surface area contributed by atoms with Crippen molar-refractivity contribution >= 4 is 51.9 Å². The van der Waals surface area contributed by atoms with Crippen LogP contribution in [-0.4, -0.2) is 25.7 Å². The summed E-state index contributed by atoms with van der Waals surface area (Å²) in [5, 5.41) is 0. The van der Waals surface area contributed by atoms with E-state index in [2.05, 4.69) is 48.0 Å². The van der Waals surface area contributed by atoms with Crippen molar-refractivity contribution < 1.29 is 0 Å². The van der Waals surface area contributed by atoms with E-state index in [0.29, 0.717) is 21.1 Å². The molecule has 0 aromatic carbocycles. The highest BCUT2D eigenvalue weighted by molar-refractivity contribution is 14.1. The van der Waals surface area contributed by atoms with Gasteiger partial charge >= 0.3 is 0 Å². The van der Waals surface area contributed by atoms with E-state index in [-0.39, 0.29) is 0 Å². The maximum absolute atomic E-state index is 6.22. The second-order valence-corrected chi connectivity index (χ2v) is 7.69. The summed E-state index contributed by atoms with van der Waals surface area (Å²) in [6.07, 6.45) is 17.9. The van der Waals surface area contributed by atoms with Crippen LogP contribution in [0.3, 0.4) is 0 Å². The molecule has 3 N–H and O–H groups in total. The molecule has 0 amide bonds. The number of aromatic nitrogens is 3. The number of nitrogens with two attached hydrogens (primary N) is 1. The van der Waals surface area contributed by atoms with Gasteiger partial charge in [0.05, 0.1) is 21.1 Å². The number of nitrogen functional groups attached to an aromatic ring is 1. The van der Waals surface area contributed by atoms with Crippen molar-refractivity contribution in [3.05, 3.63) is 87.4 Å². The first kappa shape index (κ1) is 20.2. The molecule has 1 aliphatic heterocycles. The molecule has 0 spiro atoms. The zero-order valence-electron chi connectivity index (χ0n) is 14.7. The predicted molar refractivity (Wildman–Crippen MR) is 121 cm³/mol. The Labute approximate surface area is 181 Å². The lowest BCUT2D eigenvalue weighted by Gasteiger charge is -2.17. The largest absolute Gasteiger partial charge is 0.328 e. The monoisotopic (exact) mass is 505 g/mol. The summed E-state index contributed by atoms with van der Waals surface area (Å²) in [6, 6.07) is 3.95. The average molecular weight is 506 g/mol. The van der Waals surface area contributed by atoms with E-state index in [1.54, 1.807) is 31.0 Å². The highest BCUT2D eigenvalue weighted by Crippen LogP contribution is 2.27. The Morgan fingerprint density at radius 1 is 1.25 bits per heavy atom. The third-order valence-corrected chi connectivity index (χ3v) is 4.51. The minimum absolute atomic E-state index is 0.511. The minimum Gasteiger partial charge on any atom is -0.328 e. The van der Waals surface area contributed by atoms with Gasteiger partial charge in [0.2, 0.25) is 0 Å². The zero-order valence-corrected chi connectivity index (χ0v) is 17.6. The van der Waals surface area contributed by atoms with E-state index in [0.717, 1.165) is 17.0 Å². The first-order chi connectivity index (χ1) is 13.7. The van der Waals surface area contributed by atoms with Gasteiger partial charge in [-0.1, -0.05) is 17.7 Å². The maximum Gasteiger partial charge on any atom is 0.158 e. The molecule has 0 unspecified atom stereocenters. The van der Waals surface area contributed by atoms with Crippen LogP contribution in [0.2, 0.25) is 0 Å². The minimum atomic E-state index is 0.511. The number of aliphatic imine (C=N–C) groups is 1. The number of rotatable bonds is 6. The molecule has 142 valence electrons. The quantitative estimate of drug-likeness (QED) is 0.267. The van der Waals surface area contributed by atoms with Gasteiger partial charge in [-0.05, 0) is 58.5 Å². The number of nitrogens with zero attached hydrogens (tertiary/aromatic N) is 5. The van der Waals surface area contributed by atoms with Gasteiger partial charge in [-0.25, -0.2) is 15.8 Å². The van der Waals surface area contributed by atoms with Crippen molar-refractivity contribution in [1.29, 1.82) is 0 Å².